The topological polar surface area (TPSA) is 49.8 Å². The van der Waals surface area contributed by atoms with Gasteiger partial charge in [-0.2, -0.15) is 0 Å². The number of benzene rings is 2. The van der Waals surface area contributed by atoms with Gasteiger partial charge in [-0.05, 0) is 29.8 Å². The van der Waals surface area contributed by atoms with Crippen molar-refractivity contribution in [2.75, 3.05) is 19.1 Å². The highest BCUT2D eigenvalue weighted by Gasteiger charge is 2.15. The molecular formula is C16H17NO3. The van der Waals surface area contributed by atoms with Crippen LogP contribution in [0.5, 0.6) is 11.5 Å². The van der Waals surface area contributed by atoms with Crippen molar-refractivity contribution in [2.45, 2.75) is 6.42 Å². The number of ether oxygens (including phenoxy) is 1. The number of amides is 1. The first-order chi connectivity index (χ1) is 9.61. The van der Waals surface area contributed by atoms with Gasteiger partial charge in [0.05, 0.1) is 19.2 Å². The molecule has 0 bridgehead atoms. The lowest BCUT2D eigenvalue weighted by molar-refractivity contribution is -0.117. The summed E-state index contributed by atoms with van der Waals surface area (Å²) in [6.45, 7) is 0. The molecule has 0 spiro atoms. The number of carbonyl (C=O) groups is 1. The van der Waals surface area contributed by atoms with E-state index >= 15 is 0 Å². The van der Waals surface area contributed by atoms with Crippen LogP contribution in [0.3, 0.4) is 0 Å². The van der Waals surface area contributed by atoms with Crippen LogP contribution in [0.15, 0.2) is 48.5 Å². The van der Waals surface area contributed by atoms with E-state index in [4.69, 9.17) is 4.74 Å². The van der Waals surface area contributed by atoms with Gasteiger partial charge in [-0.15, -0.1) is 0 Å². The number of phenolic OH excluding ortho intramolecular Hbond substituents is 1. The molecule has 0 fully saturated rings. The highest BCUT2D eigenvalue weighted by Crippen LogP contribution is 2.27. The van der Waals surface area contributed by atoms with E-state index in [1.54, 1.807) is 37.3 Å². The summed E-state index contributed by atoms with van der Waals surface area (Å²) >= 11 is 0. The molecule has 4 nitrogen and oxygen atoms in total. The normalized spacial score (nSPS) is 10.1. The Morgan fingerprint density at radius 2 is 1.95 bits per heavy atom. The Morgan fingerprint density at radius 3 is 2.65 bits per heavy atom. The maximum Gasteiger partial charge on any atom is 0.231 e. The molecule has 0 atom stereocenters. The predicted molar refractivity (Wildman–Crippen MR) is 78.2 cm³/mol. The first kappa shape index (κ1) is 13.9. The molecule has 0 unspecified atom stereocenters. The number of rotatable bonds is 4. The van der Waals surface area contributed by atoms with Gasteiger partial charge < -0.3 is 14.7 Å². The van der Waals surface area contributed by atoms with Crippen LogP contribution in [-0.2, 0) is 11.2 Å². The summed E-state index contributed by atoms with van der Waals surface area (Å²) in [5.74, 6) is 0.745. The van der Waals surface area contributed by atoms with Gasteiger partial charge in [0, 0.05) is 7.05 Å². The average Bonchev–Trinajstić information content (AvgIpc) is 2.46. The molecule has 0 saturated carbocycles. The lowest BCUT2D eigenvalue weighted by Gasteiger charge is -2.20. The Morgan fingerprint density at radius 1 is 1.20 bits per heavy atom. The van der Waals surface area contributed by atoms with Gasteiger partial charge in [0.25, 0.3) is 0 Å². The molecule has 2 rings (SSSR count). The lowest BCUT2D eigenvalue weighted by atomic mass is 10.1. The molecule has 20 heavy (non-hydrogen) atoms. The zero-order chi connectivity index (χ0) is 14.5. The van der Waals surface area contributed by atoms with Crippen molar-refractivity contribution in [2.24, 2.45) is 0 Å². The van der Waals surface area contributed by atoms with Gasteiger partial charge in [0.2, 0.25) is 5.91 Å². The number of hydrogen-bond donors (Lipinski definition) is 1. The van der Waals surface area contributed by atoms with Gasteiger partial charge in [-0.3, -0.25) is 4.79 Å². The fraction of sp³-hybridized carbons (Fsp3) is 0.188. The Labute approximate surface area is 118 Å². The van der Waals surface area contributed by atoms with Crippen LogP contribution in [0, 0.1) is 0 Å². The minimum absolute atomic E-state index is 0.0694. The molecule has 0 radical (unpaired) electrons. The molecule has 1 amide bonds. The van der Waals surface area contributed by atoms with Crippen LogP contribution in [0.25, 0.3) is 0 Å². The summed E-state index contributed by atoms with van der Waals surface area (Å²) in [4.78, 5) is 13.8. The quantitative estimate of drug-likeness (QED) is 0.930. The summed E-state index contributed by atoms with van der Waals surface area (Å²) in [5.41, 5.74) is 1.50. The van der Waals surface area contributed by atoms with Crippen LogP contribution in [0.2, 0.25) is 0 Å². The van der Waals surface area contributed by atoms with Crippen molar-refractivity contribution in [3.05, 3.63) is 54.1 Å². The summed E-state index contributed by atoms with van der Waals surface area (Å²) in [6, 6.07) is 14.1. The van der Waals surface area contributed by atoms with Gasteiger partial charge in [-0.1, -0.05) is 24.3 Å². The number of aromatic hydroxyl groups is 1. The van der Waals surface area contributed by atoms with Crippen molar-refractivity contribution in [1.29, 1.82) is 0 Å². The van der Waals surface area contributed by atoms with Gasteiger partial charge >= 0.3 is 0 Å². The zero-order valence-corrected chi connectivity index (χ0v) is 11.5. The third kappa shape index (κ3) is 3.09. The molecule has 0 aliphatic heterocycles. The fourth-order valence-corrected chi connectivity index (χ4v) is 2.00. The van der Waals surface area contributed by atoms with E-state index in [0.717, 1.165) is 11.3 Å². The molecule has 2 aromatic rings. The minimum atomic E-state index is -0.0694. The van der Waals surface area contributed by atoms with Gasteiger partial charge in [0.1, 0.15) is 11.5 Å². The molecule has 0 aromatic heterocycles. The summed E-state index contributed by atoms with van der Waals surface area (Å²) in [5, 5.41) is 9.42. The van der Waals surface area contributed by atoms with E-state index < -0.39 is 0 Å². The van der Waals surface area contributed by atoms with E-state index in [0.29, 0.717) is 5.75 Å². The van der Waals surface area contributed by atoms with Crippen molar-refractivity contribution in [1.82, 2.24) is 0 Å². The SMILES string of the molecule is COc1ccccc1N(C)C(=O)Cc1cccc(O)c1. The highest BCUT2D eigenvalue weighted by molar-refractivity contribution is 5.95. The molecule has 0 aliphatic rings. The Balaban J connectivity index is 2.16. The maximum atomic E-state index is 12.3. The second kappa shape index (κ2) is 6.10. The Kier molecular flexibility index (Phi) is 4.25. The average molecular weight is 271 g/mol. The van der Waals surface area contributed by atoms with E-state index in [1.807, 2.05) is 30.3 Å². The number of likely N-dealkylation sites (N-methyl/N-ethyl adjacent to an activating group) is 1. The second-order valence-electron chi connectivity index (χ2n) is 4.47. The third-order valence-corrected chi connectivity index (χ3v) is 3.09. The first-order valence-corrected chi connectivity index (χ1v) is 6.29. The Bertz CT molecular complexity index is 610. The zero-order valence-electron chi connectivity index (χ0n) is 11.5. The Hall–Kier alpha value is -2.49. The van der Waals surface area contributed by atoms with Crippen molar-refractivity contribution < 1.29 is 14.6 Å². The minimum Gasteiger partial charge on any atom is -0.508 e. The van der Waals surface area contributed by atoms with Crippen LogP contribution >= 0.6 is 0 Å². The van der Waals surface area contributed by atoms with Crippen molar-refractivity contribution >= 4 is 11.6 Å². The van der Waals surface area contributed by atoms with E-state index in [2.05, 4.69) is 0 Å². The van der Waals surface area contributed by atoms with Crippen molar-refractivity contribution in [3.63, 3.8) is 0 Å². The standard InChI is InChI=1S/C16H17NO3/c1-17(14-8-3-4-9-15(14)20-2)16(19)11-12-6-5-7-13(18)10-12/h3-10,18H,11H2,1-2H3. The van der Waals surface area contributed by atoms with E-state index in [-0.39, 0.29) is 18.1 Å². The van der Waals surface area contributed by atoms with E-state index in [9.17, 15) is 9.90 Å². The number of methoxy groups -OCH3 is 1. The molecule has 1 N–H and O–H groups in total. The molecule has 104 valence electrons. The van der Waals surface area contributed by atoms with E-state index in [1.165, 1.54) is 0 Å². The number of carbonyl (C=O) groups excluding carboxylic acids is 1. The smallest absolute Gasteiger partial charge is 0.231 e. The monoisotopic (exact) mass is 271 g/mol. The van der Waals surface area contributed by atoms with Crippen LogP contribution in [-0.4, -0.2) is 25.2 Å². The number of phenols is 1. The van der Waals surface area contributed by atoms with Crippen LogP contribution in [0.1, 0.15) is 5.56 Å². The molecule has 0 heterocycles. The van der Waals surface area contributed by atoms with Crippen LogP contribution in [0.4, 0.5) is 5.69 Å². The summed E-state index contributed by atoms with van der Waals surface area (Å²) < 4.78 is 5.25. The van der Waals surface area contributed by atoms with Crippen molar-refractivity contribution in [3.8, 4) is 11.5 Å². The number of hydrogen-bond acceptors (Lipinski definition) is 3. The predicted octanol–water partition coefficient (Wildman–Crippen LogP) is 2.61. The molecule has 0 aliphatic carbocycles. The molecule has 2 aromatic carbocycles. The lowest BCUT2D eigenvalue weighted by Crippen LogP contribution is -2.28. The van der Waals surface area contributed by atoms with Gasteiger partial charge in [0.15, 0.2) is 0 Å². The number of para-hydroxylation sites is 2. The number of anilines is 1. The molecule has 4 heteroatoms. The highest BCUT2D eigenvalue weighted by atomic mass is 16.5. The second-order valence-corrected chi connectivity index (χ2v) is 4.47. The van der Waals surface area contributed by atoms with Gasteiger partial charge in [-0.25, -0.2) is 0 Å². The molecular weight excluding hydrogens is 254 g/mol. The summed E-state index contributed by atoms with van der Waals surface area (Å²) in [6.07, 6.45) is 0.225. The third-order valence-electron chi connectivity index (χ3n) is 3.09. The van der Waals surface area contributed by atoms with Crippen LogP contribution < -0.4 is 9.64 Å². The summed E-state index contributed by atoms with van der Waals surface area (Å²) in [7, 11) is 3.29. The first-order valence-electron chi connectivity index (χ1n) is 6.29. The fourth-order valence-electron chi connectivity index (χ4n) is 2.00. The number of nitrogens with zero attached hydrogens (tertiary/aromatic N) is 1. The largest absolute Gasteiger partial charge is 0.508 e. The molecule has 0 saturated heterocycles. The maximum absolute atomic E-state index is 12.3.